The monoisotopic (exact) mass is 178 g/mol. The SMILES string of the molecule is C/C=C/CCNC1CCCC1C#N. The molecular weight excluding hydrogens is 160 g/mol. The van der Waals surface area contributed by atoms with Crippen molar-refractivity contribution in [3.63, 3.8) is 0 Å². The second-order valence-electron chi connectivity index (χ2n) is 3.58. The number of hydrogen-bond acceptors (Lipinski definition) is 2. The molecule has 0 spiro atoms. The van der Waals surface area contributed by atoms with Crippen LogP contribution >= 0.6 is 0 Å². The third kappa shape index (κ3) is 3.20. The number of nitriles is 1. The highest BCUT2D eigenvalue weighted by atomic mass is 14.9. The van der Waals surface area contributed by atoms with Gasteiger partial charge >= 0.3 is 0 Å². The van der Waals surface area contributed by atoms with E-state index in [0.29, 0.717) is 6.04 Å². The zero-order valence-corrected chi connectivity index (χ0v) is 8.29. The minimum atomic E-state index is 0.255. The van der Waals surface area contributed by atoms with Crippen LogP contribution < -0.4 is 5.32 Å². The van der Waals surface area contributed by atoms with Crippen LogP contribution in [-0.4, -0.2) is 12.6 Å². The highest BCUT2D eigenvalue weighted by Gasteiger charge is 2.25. The van der Waals surface area contributed by atoms with E-state index in [1.807, 2.05) is 6.92 Å². The third-order valence-corrected chi connectivity index (χ3v) is 2.64. The van der Waals surface area contributed by atoms with Crippen LogP contribution in [0.4, 0.5) is 0 Å². The van der Waals surface area contributed by atoms with E-state index < -0.39 is 0 Å². The lowest BCUT2D eigenvalue weighted by Gasteiger charge is -2.14. The molecule has 0 aromatic carbocycles. The maximum Gasteiger partial charge on any atom is 0.0672 e. The van der Waals surface area contributed by atoms with E-state index >= 15 is 0 Å². The minimum Gasteiger partial charge on any atom is -0.312 e. The van der Waals surface area contributed by atoms with Crippen LogP contribution in [0.5, 0.6) is 0 Å². The molecule has 1 saturated carbocycles. The van der Waals surface area contributed by atoms with Gasteiger partial charge in [0, 0.05) is 6.04 Å². The van der Waals surface area contributed by atoms with Gasteiger partial charge in [0.25, 0.3) is 0 Å². The van der Waals surface area contributed by atoms with Crippen molar-refractivity contribution in [2.45, 2.75) is 38.6 Å². The van der Waals surface area contributed by atoms with Crippen molar-refractivity contribution < 1.29 is 0 Å². The molecule has 1 aliphatic rings. The molecule has 1 rings (SSSR count). The fourth-order valence-corrected chi connectivity index (χ4v) is 1.88. The fourth-order valence-electron chi connectivity index (χ4n) is 1.88. The molecule has 0 saturated heterocycles. The summed E-state index contributed by atoms with van der Waals surface area (Å²) in [5.74, 6) is 0.255. The van der Waals surface area contributed by atoms with Crippen molar-refractivity contribution >= 4 is 0 Å². The number of hydrogen-bond donors (Lipinski definition) is 1. The molecule has 0 amide bonds. The van der Waals surface area contributed by atoms with Gasteiger partial charge in [-0.2, -0.15) is 5.26 Å². The van der Waals surface area contributed by atoms with Gasteiger partial charge in [0.1, 0.15) is 0 Å². The summed E-state index contributed by atoms with van der Waals surface area (Å²) >= 11 is 0. The summed E-state index contributed by atoms with van der Waals surface area (Å²) in [4.78, 5) is 0. The highest BCUT2D eigenvalue weighted by Crippen LogP contribution is 2.24. The maximum atomic E-state index is 8.84. The topological polar surface area (TPSA) is 35.8 Å². The molecule has 0 aromatic rings. The van der Waals surface area contributed by atoms with E-state index in [-0.39, 0.29) is 5.92 Å². The predicted molar refractivity (Wildman–Crippen MR) is 54.2 cm³/mol. The first-order valence-electron chi connectivity index (χ1n) is 5.12. The van der Waals surface area contributed by atoms with Crippen LogP contribution in [0, 0.1) is 17.2 Å². The molecule has 2 heteroatoms. The molecular formula is C11H18N2. The van der Waals surface area contributed by atoms with Crippen molar-refractivity contribution in [3.8, 4) is 6.07 Å². The fraction of sp³-hybridized carbons (Fsp3) is 0.727. The Morgan fingerprint density at radius 3 is 3.08 bits per heavy atom. The first-order valence-corrected chi connectivity index (χ1v) is 5.12. The Balaban J connectivity index is 2.17. The summed E-state index contributed by atoms with van der Waals surface area (Å²) < 4.78 is 0. The van der Waals surface area contributed by atoms with E-state index in [2.05, 4.69) is 23.5 Å². The average Bonchev–Trinajstić information content (AvgIpc) is 2.60. The minimum absolute atomic E-state index is 0.255. The summed E-state index contributed by atoms with van der Waals surface area (Å²) in [7, 11) is 0. The van der Waals surface area contributed by atoms with Gasteiger partial charge < -0.3 is 5.32 Å². The molecule has 1 aliphatic carbocycles. The van der Waals surface area contributed by atoms with Gasteiger partial charge in [-0.3, -0.25) is 0 Å². The molecule has 1 N–H and O–H groups in total. The highest BCUT2D eigenvalue weighted by molar-refractivity contribution is 4.96. The molecule has 2 unspecified atom stereocenters. The first kappa shape index (κ1) is 10.3. The molecule has 13 heavy (non-hydrogen) atoms. The van der Waals surface area contributed by atoms with Gasteiger partial charge in [-0.1, -0.05) is 18.6 Å². The second-order valence-corrected chi connectivity index (χ2v) is 3.58. The standard InChI is InChI=1S/C11H18N2/c1-2-3-4-8-13-11-7-5-6-10(11)9-12/h2-3,10-11,13H,4-8H2,1H3/b3-2+. The second kappa shape index (κ2) is 5.77. The van der Waals surface area contributed by atoms with Crippen molar-refractivity contribution in [1.82, 2.24) is 5.32 Å². The lowest BCUT2D eigenvalue weighted by atomic mass is 10.1. The Bertz CT molecular complexity index is 203. The normalized spacial score (nSPS) is 28.0. The van der Waals surface area contributed by atoms with E-state index in [4.69, 9.17) is 5.26 Å². The van der Waals surface area contributed by atoms with E-state index in [0.717, 1.165) is 19.4 Å². The number of nitrogens with zero attached hydrogens (tertiary/aromatic N) is 1. The summed E-state index contributed by atoms with van der Waals surface area (Å²) in [5, 5.41) is 12.3. The van der Waals surface area contributed by atoms with Crippen molar-refractivity contribution in [2.75, 3.05) is 6.54 Å². The van der Waals surface area contributed by atoms with Gasteiger partial charge in [0.15, 0.2) is 0 Å². The van der Waals surface area contributed by atoms with Gasteiger partial charge in [0.2, 0.25) is 0 Å². The quantitative estimate of drug-likeness (QED) is 0.529. The lowest BCUT2D eigenvalue weighted by Crippen LogP contribution is -2.32. The Morgan fingerprint density at radius 2 is 2.38 bits per heavy atom. The smallest absolute Gasteiger partial charge is 0.0672 e. The largest absolute Gasteiger partial charge is 0.312 e. The molecule has 0 radical (unpaired) electrons. The van der Waals surface area contributed by atoms with Crippen LogP contribution in [0.3, 0.4) is 0 Å². The number of allylic oxidation sites excluding steroid dienone is 1. The van der Waals surface area contributed by atoms with E-state index in [1.54, 1.807) is 0 Å². The zero-order valence-electron chi connectivity index (χ0n) is 8.29. The predicted octanol–water partition coefficient (Wildman–Crippen LogP) is 2.23. The maximum absolute atomic E-state index is 8.84. The number of nitrogens with one attached hydrogen (secondary N) is 1. The van der Waals surface area contributed by atoms with Crippen LogP contribution in [-0.2, 0) is 0 Å². The van der Waals surface area contributed by atoms with Crippen LogP contribution in [0.25, 0.3) is 0 Å². The van der Waals surface area contributed by atoms with E-state index in [1.165, 1.54) is 12.8 Å². The van der Waals surface area contributed by atoms with Crippen LogP contribution in [0.15, 0.2) is 12.2 Å². The summed E-state index contributed by atoms with van der Waals surface area (Å²) in [5.41, 5.74) is 0. The molecule has 0 heterocycles. The molecule has 0 aromatic heterocycles. The van der Waals surface area contributed by atoms with Crippen LogP contribution in [0.2, 0.25) is 0 Å². The van der Waals surface area contributed by atoms with Crippen LogP contribution in [0.1, 0.15) is 32.6 Å². The van der Waals surface area contributed by atoms with Gasteiger partial charge in [0.05, 0.1) is 12.0 Å². The molecule has 2 nitrogen and oxygen atoms in total. The Labute approximate surface area is 80.6 Å². The Kier molecular flexibility index (Phi) is 4.56. The van der Waals surface area contributed by atoms with Gasteiger partial charge in [-0.05, 0) is 32.7 Å². The average molecular weight is 178 g/mol. The van der Waals surface area contributed by atoms with Gasteiger partial charge in [-0.15, -0.1) is 0 Å². The lowest BCUT2D eigenvalue weighted by molar-refractivity contribution is 0.470. The molecule has 0 bridgehead atoms. The van der Waals surface area contributed by atoms with Crippen molar-refractivity contribution in [2.24, 2.45) is 5.92 Å². The summed E-state index contributed by atoms with van der Waals surface area (Å²) in [6.45, 7) is 3.04. The van der Waals surface area contributed by atoms with Crippen molar-refractivity contribution in [1.29, 1.82) is 5.26 Å². The summed E-state index contributed by atoms with van der Waals surface area (Å²) in [6, 6.07) is 2.83. The molecule has 72 valence electrons. The van der Waals surface area contributed by atoms with Gasteiger partial charge in [-0.25, -0.2) is 0 Å². The zero-order chi connectivity index (χ0) is 9.52. The molecule has 0 aliphatic heterocycles. The number of rotatable bonds is 4. The van der Waals surface area contributed by atoms with E-state index in [9.17, 15) is 0 Å². The Hall–Kier alpha value is -0.810. The third-order valence-electron chi connectivity index (χ3n) is 2.64. The molecule has 2 atom stereocenters. The van der Waals surface area contributed by atoms with Crippen molar-refractivity contribution in [3.05, 3.63) is 12.2 Å². The summed E-state index contributed by atoms with van der Waals surface area (Å²) in [6.07, 6.45) is 8.76. The molecule has 1 fully saturated rings. The first-order chi connectivity index (χ1) is 6.38. The Morgan fingerprint density at radius 1 is 1.54 bits per heavy atom.